The van der Waals surface area contributed by atoms with Crippen LogP contribution in [-0.4, -0.2) is 25.2 Å². The maximum absolute atomic E-state index is 11.4. The summed E-state index contributed by atoms with van der Waals surface area (Å²) in [7, 11) is -3.41. The number of rotatable bonds is 6. The monoisotopic (exact) mass is 232 g/mol. The fourth-order valence-electron chi connectivity index (χ4n) is 1.08. The van der Waals surface area contributed by atoms with Crippen LogP contribution in [0.3, 0.4) is 0 Å². The van der Waals surface area contributed by atoms with Gasteiger partial charge < -0.3 is 0 Å². The van der Waals surface area contributed by atoms with Gasteiger partial charge >= 0.3 is 0 Å². The molecule has 86 valence electrons. The Morgan fingerprint density at radius 1 is 1.60 bits per heavy atom. The highest BCUT2D eigenvalue weighted by Gasteiger charge is 2.14. The molecule has 0 bridgehead atoms. The second-order valence-electron chi connectivity index (χ2n) is 3.27. The molecule has 0 aliphatic heterocycles. The van der Waals surface area contributed by atoms with E-state index in [0.29, 0.717) is 6.54 Å². The van der Waals surface area contributed by atoms with Gasteiger partial charge in [0.2, 0.25) is 0 Å². The number of hydrogen-bond acceptors (Lipinski definition) is 3. The summed E-state index contributed by atoms with van der Waals surface area (Å²) in [6.07, 6.45) is 4.01. The molecule has 1 unspecified atom stereocenters. The molecule has 0 saturated carbocycles. The maximum Gasteiger partial charge on any atom is 0.277 e. The third kappa shape index (κ3) is 3.98. The molecule has 15 heavy (non-hydrogen) atoms. The SMILES string of the molecule is CCCNS(=O)(=O)NC(C)c1cn[nH]c1. The zero-order valence-electron chi connectivity index (χ0n) is 8.82. The van der Waals surface area contributed by atoms with Crippen molar-refractivity contribution in [2.75, 3.05) is 6.54 Å². The second kappa shape index (κ2) is 5.24. The number of aromatic nitrogens is 2. The third-order valence-corrected chi connectivity index (χ3v) is 3.14. The van der Waals surface area contributed by atoms with Crippen LogP contribution >= 0.6 is 0 Å². The van der Waals surface area contributed by atoms with Crippen molar-refractivity contribution in [2.24, 2.45) is 0 Å². The van der Waals surface area contributed by atoms with Crippen LogP contribution < -0.4 is 9.44 Å². The molecule has 1 aromatic rings. The molecule has 3 N–H and O–H groups in total. The minimum absolute atomic E-state index is 0.293. The summed E-state index contributed by atoms with van der Waals surface area (Å²) in [5, 5.41) is 6.39. The van der Waals surface area contributed by atoms with E-state index in [1.54, 1.807) is 19.3 Å². The van der Waals surface area contributed by atoms with E-state index >= 15 is 0 Å². The van der Waals surface area contributed by atoms with Crippen molar-refractivity contribution in [1.29, 1.82) is 0 Å². The molecule has 0 radical (unpaired) electrons. The molecule has 0 amide bonds. The number of aromatic amines is 1. The Hall–Kier alpha value is -0.920. The Balaban J connectivity index is 2.54. The lowest BCUT2D eigenvalue weighted by Gasteiger charge is -2.12. The Labute approximate surface area is 89.6 Å². The minimum Gasteiger partial charge on any atom is -0.285 e. The highest BCUT2D eigenvalue weighted by molar-refractivity contribution is 7.87. The van der Waals surface area contributed by atoms with Crippen LogP contribution in [0, 0.1) is 0 Å². The lowest BCUT2D eigenvalue weighted by Crippen LogP contribution is -2.38. The summed E-state index contributed by atoms with van der Waals surface area (Å²) < 4.78 is 27.8. The summed E-state index contributed by atoms with van der Waals surface area (Å²) in [5.41, 5.74) is 0.803. The van der Waals surface area contributed by atoms with Gasteiger partial charge in [-0.25, -0.2) is 4.72 Å². The van der Waals surface area contributed by atoms with Gasteiger partial charge in [0.05, 0.1) is 6.20 Å². The first-order valence-electron chi connectivity index (χ1n) is 4.80. The lowest BCUT2D eigenvalue weighted by atomic mass is 10.2. The number of H-pyrrole nitrogens is 1. The van der Waals surface area contributed by atoms with Crippen LogP contribution in [0.5, 0.6) is 0 Å². The molecule has 1 heterocycles. The van der Waals surface area contributed by atoms with E-state index in [4.69, 9.17) is 0 Å². The van der Waals surface area contributed by atoms with E-state index in [9.17, 15) is 8.42 Å². The fraction of sp³-hybridized carbons (Fsp3) is 0.625. The Bertz CT molecular complexity index is 373. The quantitative estimate of drug-likeness (QED) is 0.659. The van der Waals surface area contributed by atoms with E-state index < -0.39 is 10.2 Å². The van der Waals surface area contributed by atoms with Crippen molar-refractivity contribution in [3.05, 3.63) is 18.0 Å². The zero-order valence-corrected chi connectivity index (χ0v) is 9.63. The predicted octanol–water partition coefficient (Wildman–Crippen LogP) is 0.305. The van der Waals surface area contributed by atoms with Gasteiger partial charge in [0, 0.05) is 24.3 Å². The summed E-state index contributed by atoms with van der Waals surface area (Å²) in [4.78, 5) is 0. The van der Waals surface area contributed by atoms with Crippen molar-refractivity contribution in [2.45, 2.75) is 26.3 Å². The highest BCUT2D eigenvalue weighted by atomic mass is 32.2. The molecule has 1 atom stereocenters. The second-order valence-corrected chi connectivity index (χ2v) is 4.80. The van der Waals surface area contributed by atoms with E-state index in [0.717, 1.165) is 12.0 Å². The molecule has 0 aromatic carbocycles. The molecule has 0 saturated heterocycles. The van der Waals surface area contributed by atoms with Gasteiger partial charge in [0.25, 0.3) is 10.2 Å². The number of nitrogens with one attached hydrogen (secondary N) is 3. The molecule has 0 aliphatic carbocycles. The normalized spacial score (nSPS) is 14.0. The Morgan fingerprint density at radius 2 is 2.33 bits per heavy atom. The first kappa shape index (κ1) is 12.2. The largest absolute Gasteiger partial charge is 0.285 e. The topological polar surface area (TPSA) is 86.9 Å². The van der Waals surface area contributed by atoms with Gasteiger partial charge in [-0.15, -0.1) is 0 Å². The van der Waals surface area contributed by atoms with Crippen LogP contribution in [-0.2, 0) is 10.2 Å². The van der Waals surface area contributed by atoms with Crippen LogP contribution in [0.25, 0.3) is 0 Å². The standard InChI is InChI=1S/C8H16N4O2S/c1-3-4-11-15(13,14)12-7(2)8-5-9-10-6-8/h5-7,11-12H,3-4H2,1-2H3,(H,9,10). The summed E-state index contributed by atoms with van der Waals surface area (Å²) >= 11 is 0. The highest BCUT2D eigenvalue weighted by Crippen LogP contribution is 2.09. The van der Waals surface area contributed by atoms with Gasteiger partial charge in [-0.1, -0.05) is 6.92 Å². The van der Waals surface area contributed by atoms with Crippen molar-refractivity contribution >= 4 is 10.2 Å². The molecule has 1 rings (SSSR count). The van der Waals surface area contributed by atoms with Gasteiger partial charge in [-0.05, 0) is 13.3 Å². The number of hydrogen-bond donors (Lipinski definition) is 3. The first-order chi connectivity index (χ1) is 7.05. The van der Waals surface area contributed by atoms with Gasteiger partial charge in [0.15, 0.2) is 0 Å². The molecule has 0 fully saturated rings. The van der Waals surface area contributed by atoms with Crippen molar-refractivity contribution in [3.8, 4) is 0 Å². The number of nitrogens with zero attached hydrogens (tertiary/aromatic N) is 1. The molecule has 7 heteroatoms. The predicted molar refractivity (Wildman–Crippen MR) is 57.4 cm³/mol. The minimum atomic E-state index is -3.41. The average Bonchev–Trinajstić information content (AvgIpc) is 2.67. The van der Waals surface area contributed by atoms with E-state index in [-0.39, 0.29) is 6.04 Å². The average molecular weight is 232 g/mol. The van der Waals surface area contributed by atoms with E-state index in [1.807, 2.05) is 6.92 Å². The summed E-state index contributed by atoms with van der Waals surface area (Å²) in [6.45, 7) is 4.10. The smallest absolute Gasteiger partial charge is 0.277 e. The lowest BCUT2D eigenvalue weighted by molar-refractivity contribution is 0.551. The van der Waals surface area contributed by atoms with Gasteiger partial charge in [0.1, 0.15) is 0 Å². The van der Waals surface area contributed by atoms with E-state index in [2.05, 4.69) is 19.6 Å². The maximum atomic E-state index is 11.4. The molecule has 6 nitrogen and oxygen atoms in total. The summed E-state index contributed by atoms with van der Waals surface area (Å²) in [5.74, 6) is 0. The van der Waals surface area contributed by atoms with Crippen LogP contribution in [0.2, 0.25) is 0 Å². The first-order valence-corrected chi connectivity index (χ1v) is 6.29. The molecular weight excluding hydrogens is 216 g/mol. The molecule has 0 spiro atoms. The van der Waals surface area contributed by atoms with Crippen LogP contribution in [0.4, 0.5) is 0 Å². The van der Waals surface area contributed by atoms with Crippen LogP contribution in [0.1, 0.15) is 31.9 Å². The fourth-order valence-corrected chi connectivity index (χ4v) is 2.23. The van der Waals surface area contributed by atoms with Crippen molar-refractivity contribution in [1.82, 2.24) is 19.6 Å². The van der Waals surface area contributed by atoms with Crippen LogP contribution in [0.15, 0.2) is 12.4 Å². The Kier molecular flexibility index (Phi) is 4.25. The van der Waals surface area contributed by atoms with E-state index in [1.165, 1.54) is 0 Å². The Morgan fingerprint density at radius 3 is 2.87 bits per heavy atom. The third-order valence-electron chi connectivity index (χ3n) is 1.89. The van der Waals surface area contributed by atoms with Gasteiger partial charge in [-0.2, -0.15) is 18.2 Å². The summed E-state index contributed by atoms with van der Waals surface area (Å²) in [6, 6.07) is -0.293. The molecule has 0 aliphatic rings. The molecule has 1 aromatic heterocycles. The van der Waals surface area contributed by atoms with Crippen molar-refractivity contribution < 1.29 is 8.42 Å². The van der Waals surface area contributed by atoms with Crippen molar-refractivity contribution in [3.63, 3.8) is 0 Å². The van der Waals surface area contributed by atoms with Gasteiger partial charge in [-0.3, -0.25) is 5.10 Å². The molecular formula is C8H16N4O2S. The zero-order chi connectivity index (χ0) is 11.3.